The summed E-state index contributed by atoms with van der Waals surface area (Å²) < 4.78 is 33.8. The van der Waals surface area contributed by atoms with E-state index >= 15 is 0 Å². The van der Waals surface area contributed by atoms with Gasteiger partial charge in [-0.3, -0.25) is 4.79 Å². The summed E-state index contributed by atoms with van der Waals surface area (Å²) >= 11 is 6.36. The number of ether oxygens (including phenoxy) is 1. The molecular formula is C24H31ClN2O4S. The molecule has 6 nitrogen and oxygen atoms in total. The standard InChI is InChI=1S/C24H31ClN2O4S/c1-5-17-10-12-20(25)19(6-2)23(17)26-24(28)18-11-13-21(31-4)22(15-18)32(29,30)27-14-8-7-9-16(27)3/h10-13,15-16H,5-9,14H2,1-4H3,(H,26,28). The maximum Gasteiger partial charge on any atom is 0.255 e. The molecule has 1 amide bonds. The van der Waals surface area contributed by atoms with Crippen molar-refractivity contribution in [1.82, 2.24) is 4.31 Å². The van der Waals surface area contributed by atoms with Gasteiger partial charge in [-0.05, 0) is 68.0 Å². The Balaban J connectivity index is 2.01. The summed E-state index contributed by atoms with van der Waals surface area (Å²) in [5.41, 5.74) is 2.78. The highest BCUT2D eigenvalue weighted by Crippen LogP contribution is 2.33. The molecule has 32 heavy (non-hydrogen) atoms. The maximum absolute atomic E-state index is 13.5. The van der Waals surface area contributed by atoms with Crippen LogP contribution in [0.25, 0.3) is 0 Å². The summed E-state index contributed by atoms with van der Waals surface area (Å²) in [5.74, 6) is -0.159. The number of amides is 1. The number of carbonyl (C=O) groups is 1. The van der Waals surface area contributed by atoms with Crippen molar-refractivity contribution in [1.29, 1.82) is 0 Å². The highest BCUT2D eigenvalue weighted by molar-refractivity contribution is 7.89. The first-order valence-electron chi connectivity index (χ1n) is 11.1. The number of aryl methyl sites for hydroxylation is 1. The monoisotopic (exact) mass is 478 g/mol. The lowest BCUT2D eigenvalue weighted by Crippen LogP contribution is -2.42. The first kappa shape index (κ1) is 24.6. The number of anilines is 1. The Labute approximate surface area is 196 Å². The van der Waals surface area contributed by atoms with Crippen LogP contribution in [0.4, 0.5) is 5.69 Å². The van der Waals surface area contributed by atoms with Gasteiger partial charge in [0.2, 0.25) is 10.0 Å². The van der Waals surface area contributed by atoms with E-state index in [4.69, 9.17) is 16.3 Å². The van der Waals surface area contributed by atoms with Gasteiger partial charge >= 0.3 is 0 Å². The second-order valence-corrected chi connectivity index (χ2v) is 10.3. The van der Waals surface area contributed by atoms with Gasteiger partial charge in [0.25, 0.3) is 5.91 Å². The van der Waals surface area contributed by atoms with Gasteiger partial charge in [-0.25, -0.2) is 8.42 Å². The average Bonchev–Trinajstić information content (AvgIpc) is 2.79. The van der Waals surface area contributed by atoms with Crippen LogP contribution in [0, 0.1) is 0 Å². The van der Waals surface area contributed by atoms with Gasteiger partial charge in [-0.15, -0.1) is 0 Å². The Morgan fingerprint density at radius 3 is 2.56 bits per heavy atom. The number of rotatable bonds is 7. The zero-order valence-corrected chi connectivity index (χ0v) is 20.6. The molecule has 1 atom stereocenters. The van der Waals surface area contributed by atoms with Crippen LogP contribution in [0.15, 0.2) is 35.2 Å². The van der Waals surface area contributed by atoms with Crippen LogP contribution in [-0.4, -0.2) is 38.3 Å². The van der Waals surface area contributed by atoms with Crippen molar-refractivity contribution < 1.29 is 17.9 Å². The van der Waals surface area contributed by atoms with Gasteiger partial charge in [0.05, 0.1) is 7.11 Å². The number of hydrogen-bond donors (Lipinski definition) is 1. The van der Waals surface area contributed by atoms with E-state index in [9.17, 15) is 13.2 Å². The summed E-state index contributed by atoms with van der Waals surface area (Å²) in [6.07, 6.45) is 4.04. The third-order valence-corrected chi connectivity index (χ3v) is 8.46. The predicted molar refractivity (Wildman–Crippen MR) is 128 cm³/mol. The summed E-state index contributed by atoms with van der Waals surface area (Å²) in [7, 11) is -2.38. The Bertz CT molecular complexity index is 1100. The minimum atomic E-state index is -3.81. The molecule has 0 saturated carbocycles. The Morgan fingerprint density at radius 2 is 1.94 bits per heavy atom. The second-order valence-electron chi connectivity index (χ2n) is 8.05. The lowest BCUT2D eigenvalue weighted by Gasteiger charge is -2.32. The van der Waals surface area contributed by atoms with E-state index < -0.39 is 10.0 Å². The number of hydrogen-bond acceptors (Lipinski definition) is 4. The molecule has 1 N–H and O–H groups in total. The molecule has 0 spiro atoms. The fraction of sp³-hybridized carbons (Fsp3) is 0.458. The van der Waals surface area contributed by atoms with E-state index in [0.29, 0.717) is 23.7 Å². The van der Waals surface area contributed by atoms with Crippen LogP contribution < -0.4 is 10.1 Å². The highest BCUT2D eigenvalue weighted by Gasteiger charge is 2.33. The van der Waals surface area contributed by atoms with E-state index in [0.717, 1.165) is 36.8 Å². The molecule has 1 saturated heterocycles. The fourth-order valence-corrected chi connectivity index (χ4v) is 6.40. The van der Waals surface area contributed by atoms with Crippen LogP contribution in [0.2, 0.25) is 5.02 Å². The first-order chi connectivity index (χ1) is 15.2. The third kappa shape index (κ3) is 4.80. The number of sulfonamides is 1. The Kier molecular flexibility index (Phi) is 7.85. The molecule has 3 rings (SSSR count). The smallest absolute Gasteiger partial charge is 0.255 e. The van der Waals surface area contributed by atoms with E-state index in [1.54, 1.807) is 6.07 Å². The van der Waals surface area contributed by atoms with E-state index in [-0.39, 0.29) is 28.2 Å². The molecule has 0 bridgehead atoms. The molecule has 1 fully saturated rings. The minimum Gasteiger partial charge on any atom is -0.495 e. The molecule has 1 aliphatic rings. The van der Waals surface area contributed by atoms with Gasteiger partial charge in [0.15, 0.2) is 0 Å². The molecule has 8 heteroatoms. The van der Waals surface area contributed by atoms with Crippen molar-refractivity contribution in [3.8, 4) is 5.75 Å². The molecule has 2 aromatic carbocycles. The van der Waals surface area contributed by atoms with Crippen molar-refractivity contribution in [2.45, 2.75) is 63.8 Å². The first-order valence-corrected chi connectivity index (χ1v) is 12.9. The van der Waals surface area contributed by atoms with Crippen LogP contribution in [0.5, 0.6) is 5.75 Å². The summed E-state index contributed by atoms with van der Waals surface area (Å²) in [6, 6.07) is 8.17. The molecule has 1 aliphatic heterocycles. The van der Waals surface area contributed by atoms with Crippen molar-refractivity contribution in [2.24, 2.45) is 0 Å². The van der Waals surface area contributed by atoms with E-state index in [2.05, 4.69) is 5.32 Å². The van der Waals surface area contributed by atoms with Crippen molar-refractivity contribution in [3.05, 3.63) is 52.0 Å². The number of nitrogens with zero attached hydrogens (tertiary/aromatic N) is 1. The summed E-state index contributed by atoms with van der Waals surface area (Å²) in [6.45, 7) is 6.37. The molecule has 0 aromatic heterocycles. The molecule has 174 valence electrons. The van der Waals surface area contributed by atoms with Crippen molar-refractivity contribution in [2.75, 3.05) is 19.0 Å². The zero-order chi connectivity index (χ0) is 23.5. The van der Waals surface area contributed by atoms with Gasteiger partial charge in [-0.1, -0.05) is 37.9 Å². The quantitative estimate of drug-likeness (QED) is 0.586. The summed E-state index contributed by atoms with van der Waals surface area (Å²) in [5, 5.41) is 3.56. The maximum atomic E-state index is 13.5. The van der Waals surface area contributed by atoms with Crippen LogP contribution in [0.3, 0.4) is 0 Å². The van der Waals surface area contributed by atoms with Gasteiger partial charge < -0.3 is 10.1 Å². The normalized spacial score (nSPS) is 17.2. The van der Waals surface area contributed by atoms with Crippen LogP contribution >= 0.6 is 11.6 Å². The molecule has 1 unspecified atom stereocenters. The number of halogens is 1. The van der Waals surface area contributed by atoms with Gasteiger partial charge in [-0.2, -0.15) is 4.31 Å². The molecule has 0 aliphatic carbocycles. The average molecular weight is 479 g/mol. The minimum absolute atomic E-state index is 0.0129. The van der Waals surface area contributed by atoms with Crippen LogP contribution in [0.1, 0.15) is 61.5 Å². The fourth-order valence-electron chi connectivity index (χ4n) is 4.23. The van der Waals surface area contributed by atoms with Gasteiger partial charge in [0.1, 0.15) is 10.6 Å². The highest BCUT2D eigenvalue weighted by atomic mass is 35.5. The zero-order valence-electron chi connectivity index (χ0n) is 19.1. The molecule has 0 radical (unpaired) electrons. The van der Waals surface area contributed by atoms with Crippen molar-refractivity contribution >= 4 is 33.2 Å². The Morgan fingerprint density at radius 1 is 1.19 bits per heavy atom. The molecule has 1 heterocycles. The lowest BCUT2D eigenvalue weighted by molar-refractivity contribution is 0.102. The Hall–Kier alpha value is -2.09. The second kappa shape index (κ2) is 10.2. The largest absolute Gasteiger partial charge is 0.495 e. The number of piperidine rings is 1. The lowest BCUT2D eigenvalue weighted by atomic mass is 10.0. The van der Waals surface area contributed by atoms with E-state index in [1.807, 2.05) is 32.9 Å². The molecule has 2 aromatic rings. The number of nitrogens with one attached hydrogen (secondary N) is 1. The number of benzene rings is 2. The molecular weight excluding hydrogens is 448 g/mol. The predicted octanol–water partition coefficient (Wildman–Crippen LogP) is 5.29. The van der Waals surface area contributed by atoms with Gasteiger partial charge in [0, 0.05) is 28.9 Å². The summed E-state index contributed by atoms with van der Waals surface area (Å²) in [4.78, 5) is 13.2. The van der Waals surface area contributed by atoms with Crippen molar-refractivity contribution in [3.63, 3.8) is 0 Å². The SMILES string of the molecule is CCc1ccc(Cl)c(CC)c1NC(=O)c1ccc(OC)c(S(=O)(=O)N2CCCCC2C)c1. The number of methoxy groups -OCH3 is 1. The van der Waals surface area contributed by atoms with Crippen LogP contribution in [-0.2, 0) is 22.9 Å². The third-order valence-electron chi connectivity index (χ3n) is 6.07. The topological polar surface area (TPSA) is 75.7 Å². The van der Waals surface area contributed by atoms with E-state index in [1.165, 1.54) is 23.5 Å². The number of carbonyl (C=O) groups excluding carboxylic acids is 1.